The first-order chi connectivity index (χ1) is 15.7. The van der Waals surface area contributed by atoms with E-state index < -0.39 is 10.0 Å². The maximum Gasteiger partial charge on any atom is 0.262 e. The zero-order valence-corrected chi connectivity index (χ0v) is 20.5. The van der Waals surface area contributed by atoms with E-state index in [2.05, 4.69) is 21.9 Å². The molecule has 2 heterocycles. The second kappa shape index (κ2) is 9.73. The Kier molecular flexibility index (Phi) is 6.95. The summed E-state index contributed by atoms with van der Waals surface area (Å²) in [5.74, 6) is 0.598. The van der Waals surface area contributed by atoms with Gasteiger partial charge < -0.3 is 15.1 Å². The summed E-state index contributed by atoms with van der Waals surface area (Å²) in [4.78, 5) is 17.9. The number of rotatable bonds is 5. The lowest BCUT2D eigenvalue weighted by atomic mass is 9.98. The van der Waals surface area contributed by atoms with Gasteiger partial charge in [-0.25, -0.2) is 8.42 Å². The Morgan fingerprint density at radius 3 is 2.36 bits per heavy atom. The minimum Gasteiger partial charge on any atom is -0.368 e. The van der Waals surface area contributed by atoms with Crippen LogP contribution in [0.15, 0.2) is 41.3 Å². The van der Waals surface area contributed by atoms with Gasteiger partial charge in [0.2, 0.25) is 0 Å². The molecule has 0 bridgehead atoms. The molecule has 33 heavy (non-hydrogen) atoms. The first kappa shape index (κ1) is 23.6. The Labute approximate surface area is 197 Å². The molecule has 0 atom stereocenters. The fraction of sp³-hybridized carbons (Fsp3) is 0.480. The molecule has 0 radical (unpaired) electrons. The molecular formula is C25H34N4O3S. The summed E-state index contributed by atoms with van der Waals surface area (Å²) in [6, 6.07) is 10.6. The predicted molar refractivity (Wildman–Crippen MR) is 133 cm³/mol. The standard InChI is InChI=1S/C25H34N4O3S/c1-18-8-12-29(13-9-18)25(30)22-17-21(5-6-23(22)28-14-10-26-11-15-28)27-33(31,32)24-7-4-19(2)16-20(24)3/h4-7,16-18,26-27H,8-15H2,1-3H3. The molecule has 7 nitrogen and oxygen atoms in total. The molecule has 2 aliphatic rings. The van der Waals surface area contributed by atoms with Crippen molar-refractivity contribution in [3.8, 4) is 0 Å². The SMILES string of the molecule is Cc1ccc(S(=O)(=O)Nc2ccc(N3CCNCC3)c(C(=O)N3CCC(C)CC3)c2)c(C)c1. The van der Waals surface area contributed by atoms with Crippen molar-refractivity contribution in [1.82, 2.24) is 10.2 Å². The maximum atomic E-state index is 13.6. The number of sulfonamides is 1. The molecule has 2 aromatic carbocycles. The summed E-state index contributed by atoms with van der Waals surface area (Å²) in [6.07, 6.45) is 1.99. The number of carbonyl (C=O) groups excluding carboxylic acids is 1. The number of hydrogen-bond acceptors (Lipinski definition) is 5. The van der Waals surface area contributed by atoms with Crippen LogP contribution in [0.25, 0.3) is 0 Å². The third-order valence-corrected chi connectivity index (χ3v) is 8.17. The number of benzene rings is 2. The van der Waals surface area contributed by atoms with Crippen molar-refractivity contribution in [2.45, 2.75) is 38.5 Å². The average molecular weight is 471 g/mol. The fourth-order valence-corrected chi connectivity index (χ4v) is 5.92. The van der Waals surface area contributed by atoms with Crippen LogP contribution < -0.4 is 14.9 Å². The molecule has 178 valence electrons. The first-order valence-electron chi connectivity index (χ1n) is 11.7. The van der Waals surface area contributed by atoms with Crippen LogP contribution in [-0.2, 0) is 10.0 Å². The Morgan fingerprint density at radius 2 is 1.70 bits per heavy atom. The van der Waals surface area contributed by atoms with Crippen LogP contribution in [0.1, 0.15) is 41.3 Å². The fourth-order valence-electron chi connectivity index (χ4n) is 4.65. The summed E-state index contributed by atoms with van der Waals surface area (Å²) >= 11 is 0. The summed E-state index contributed by atoms with van der Waals surface area (Å²) < 4.78 is 28.9. The molecule has 0 aromatic heterocycles. The lowest BCUT2D eigenvalue weighted by molar-refractivity contribution is 0.0698. The van der Waals surface area contributed by atoms with Crippen molar-refractivity contribution in [1.29, 1.82) is 0 Å². The van der Waals surface area contributed by atoms with Crippen LogP contribution in [0.5, 0.6) is 0 Å². The van der Waals surface area contributed by atoms with E-state index in [1.807, 2.05) is 24.0 Å². The molecule has 2 fully saturated rings. The number of nitrogens with one attached hydrogen (secondary N) is 2. The van der Waals surface area contributed by atoms with Gasteiger partial charge in [-0.2, -0.15) is 0 Å². The molecule has 2 aromatic rings. The minimum atomic E-state index is -3.77. The van der Waals surface area contributed by atoms with E-state index in [1.54, 1.807) is 31.2 Å². The second-order valence-corrected chi connectivity index (χ2v) is 11.0. The Morgan fingerprint density at radius 1 is 1.00 bits per heavy atom. The smallest absolute Gasteiger partial charge is 0.262 e. The number of carbonyl (C=O) groups is 1. The van der Waals surface area contributed by atoms with Crippen LogP contribution >= 0.6 is 0 Å². The normalized spacial score (nSPS) is 17.8. The number of likely N-dealkylation sites (tertiary alicyclic amines) is 1. The highest BCUT2D eigenvalue weighted by Crippen LogP contribution is 2.29. The van der Waals surface area contributed by atoms with Crippen molar-refractivity contribution >= 4 is 27.3 Å². The van der Waals surface area contributed by atoms with Gasteiger partial charge in [0.05, 0.1) is 10.5 Å². The number of anilines is 2. The molecule has 0 spiro atoms. The molecule has 8 heteroatoms. The lowest BCUT2D eigenvalue weighted by Crippen LogP contribution is -2.45. The van der Waals surface area contributed by atoms with E-state index >= 15 is 0 Å². The Bertz CT molecular complexity index is 1120. The van der Waals surface area contributed by atoms with Gasteiger partial charge in [0, 0.05) is 50.6 Å². The van der Waals surface area contributed by atoms with Crippen LogP contribution in [0.2, 0.25) is 0 Å². The summed E-state index contributed by atoms with van der Waals surface area (Å²) in [6.45, 7) is 10.8. The van der Waals surface area contributed by atoms with Crippen molar-refractivity contribution in [2.75, 3.05) is 48.9 Å². The molecule has 0 unspecified atom stereocenters. The summed E-state index contributed by atoms with van der Waals surface area (Å²) in [5, 5.41) is 3.34. The number of hydrogen-bond donors (Lipinski definition) is 2. The van der Waals surface area contributed by atoms with Crippen LogP contribution in [0.4, 0.5) is 11.4 Å². The van der Waals surface area contributed by atoms with Gasteiger partial charge >= 0.3 is 0 Å². The Balaban J connectivity index is 1.66. The topological polar surface area (TPSA) is 81.8 Å². The quantitative estimate of drug-likeness (QED) is 0.700. The third-order valence-electron chi connectivity index (χ3n) is 6.63. The van der Waals surface area contributed by atoms with Gasteiger partial charge in [-0.05, 0) is 62.4 Å². The summed E-state index contributed by atoms with van der Waals surface area (Å²) in [7, 11) is -3.77. The van der Waals surface area contributed by atoms with E-state index in [4.69, 9.17) is 0 Å². The number of amides is 1. The average Bonchev–Trinajstić information content (AvgIpc) is 2.79. The number of aryl methyl sites for hydroxylation is 2. The van der Waals surface area contributed by atoms with Crippen molar-refractivity contribution in [3.63, 3.8) is 0 Å². The lowest BCUT2D eigenvalue weighted by Gasteiger charge is -2.34. The zero-order chi connectivity index (χ0) is 23.6. The number of nitrogens with zero attached hydrogens (tertiary/aromatic N) is 2. The molecular weight excluding hydrogens is 436 g/mol. The van der Waals surface area contributed by atoms with Gasteiger partial charge in [-0.3, -0.25) is 9.52 Å². The van der Waals surface area contributed by atoms with E-state index in [9.17, 15) is 13.2 Å². The molecule has 0 saturated carbocycles. The van der Waals surface area contributed by atoms with Crippen molar-refractivity contribution in [3.05, 3.63) is 53.1 Å². The second-order valence-electron chi connectivity index (χ2n) is 9.32. The van der Waals surface area contributed by atoms with Gasteiger partial charge in [-0.15, -0.1) is 0 Å². The molecule has 2 N–H and O–H groups in total. The highest BCUT2D eigenvalue weighted by Gasteiger charge is 2.27. The molecule has 0 aliphatic carbocycles. The third kappa shape index (κ3) is 5.33. The van der Waals surface area contributed by atoms with Crippen LogP contribution in [0, 0.1) is 19.8 Å². The van der Waals surface area contributed by atoms with E-state index in [1.165, 1.54) is 0 Å². The Hall–Kier alpha value is -2.58. The largest absolute Gasteiger partial charge is 0.368 e. The van der Waals surface area contributed by atoms with Gasteiger partial charge in [0.25, 0.3) is 15.9 Å². The monoisotopic (exact) mass is 470 g/mol. The van der Waals surface area contributed by atoms with E-state index in [0.717, 1.165) is 63.4 Å². The highest BCUT2D eigenvalue weighted by atomic mass is 32.2. The van der Waals surface area contributed by atoms with Crippen LogP contribution in [0.3, 0.4) is 0 Å². The molecule has 1 amide bonds. The zero-order valence-electron chi connectivity index (χ0n) is 19.7. The van der Waals surface area contributed by atoms with Gasteiger partial charge in [-0.1, -0.05) is 24.6 Å². The molecule has 2 saturated heterocycles. The van der Waals surface area contributed by atoms with Crippen molar-refractivity contribution < 1.29 is 13.2 Å². The van der Waals surface area contributed by atoms with E-state index in [-0.39, 0.29) is 10.8 Å². The van der Waals surface area contributed by atoms with Crippen LogP contribution in [-0.4, -0.2) is 58.5 Å². The maximum absolute atomic E-state index is 13.6. The predicted octanol–water partition coefficient (Wildman–Crippen LogP) is 3.39. The first-order valence-corrected chi connectivity index (χ1v) is 13.2. The van der Waals surface area contributed by atoms with Gasteiger partial charge in [0.15, 0.2) is 0 Å². The van der Waals surface area contributed by atoms with Gasteiger partial charge in [0.1, 0.15) is 0 Å². The number of piperidine rings is 1. The van der Waals surface area contributed by atoms with E-state index in [0.29, 0.717) is 22.7 Å². The van der Waals surface area contributed by atoms with Crippen molar-refractivity contribution in [2.24, 2.45) is 5.92 Å². The minimum absolute atomic E-state index is 0.0250. The number of piperazine rings is 1. The summed E-state index contributed by atoms with van der Waals surface area (Å²) in [5.41, 5.74) is 3.54. The molecule has 2 aliphatic heterocycles. The molecule has 4 rings (SSSR count). The highest BCUT2D eigenvalue weighted by molar-refractivity contribution is 7.92.